The standard InChI is InChI=1S/C26H27FN4O7S/c1-14-20-24(34)31(17-4-3-7-28-22(17)33)26(35)30(25(20)39-21(14)23-29-8-10-38-23)13-19(37-11-9-32)16-12-15(27)5-6-18(16)36-2/h5-6,8,10,12,17,19,32H,3-4,7,9,11,13H2,1-2H3,(H,28,33)/t17-,19-/m0/s1. The molecule has 1 fully saturated rings. The maximum Gasteiger partial charge on any atom is 0.332 e. The Kier molecular flexibility index (Phi) is 7.64. The van der Waals surface area contributed by atoms with Gasteiger partial charge >= 0.3 is 5.69 Å². The molecule has 39 heavy (non-hydrogen) atoms. The number of nitrogens with zero attached hydrogens (tertiary/aromatic N) is 3. The van der Waals surface area contributed by atoms with Gasteiger partial charge in [-0.3, -0.25) is 14.2 Å². The van der Waals surface area contributed by atoms with E-state index in [1.165, 1.54) is 42.3 Å². The number of halogens is 1. The molecule has 1 aliphatic rings. The van der Waals surface area contributed by atoms with E-state index in [1.807, 2.05) is 0 Å². The van der Waals surface area contributed by atoms with Crippen LogP contribution in [0, 0.1) is 12.7 Å². The Morgan fingerprint density at radius 2 is 2.15 bits per heavy atom. The normalized spacial score (nSPS) is 16.4. The number of rotatable bonds is 9. The van der Waals surface area contributed by atoms with Crippen molar-refractivity contribution < 1.29 is 28.2 Å². The molecule has 2 N–H and O–H groups in total. The molecule has 4 aromatic rings. The number of hydrogen-bond donors (Lipinski definition) is 2. The second kappa shape index (κ2) is 11.1. The number of benzene rings is 1. The van der Waals surface area contributed by atoms with E-state index in [0.29, 0.717) is 46.0 Å². The number of nitrogens with one attached hydrogen (secondary N) is 1. The van der Waals surface area contributed by atoms with Crippen LogP contribution in [-0.4, -0.2) is 52.0 Å². The van der Waals surface area contributed by atoms with Gasteiger partial charge < -0.3 is 24.3 Å². The number of aromatic nitrogens is 3. The summed E-state index contributed by atoms with van der Waals surface area (Å²) >= 11 is 1.15. The van der Waals surface area contributed by atoms with Crippen LogP contribution in [0.4, 0.5) is 4.39 Å². The first-order valence-electron chi connectivity index (χ1n) is 12.4. The van der Waals surface area contributed by atoms with E-state index in [9.17, 15) is 23.9 Å². The molecule has 0 aliphatic carbocycles. The highest BCUT2D eigenvalue weighted by atomic mass is 32.1. The third-order valence-corrected chi connectivity index (χ3v) is 8.04. The molecule has 0 spiro atoms. The van der Waals surface area contributed by atoms with E-state index >= 15 is 0 Å². The van der Waals surface area contributed by atoms with Gasteiger partial charge in [0.25, 0.3) is 5.56 Å². The molecular formula is C26H27FN4O7S. The number of piperidine rings is 1. The molecule has 1 aromatic carbocycles. The molecule has 4 heterocycles. The number of hydrogen-bond acceptors (Lipinski definition) is 9. The minimum absolute atomic E-state index is 0.0993. The van der Waals surface area contributed by atoms with Crippen molar-refractivity contribution in [1.29, 1.82) is 0 Å². The van der Waals surface area contributed by atoms with Gasteiger partial charge in [0.05, 0.1) is 43.3 Å². The summed E-state index contributed by atoms with van der Waals surface area (Å²) in [7, 11) is 1.43. The molecule has 2 atom stereocenters. The quantitative estimate of drug-likeness (QED) is 0.320. The number of aryl methyl sites for hydroxylation is 1. The lowest BCUT2D eigenvalue weighted by Crippen LogP contribution is -2.49. The van der Waals surface area contributed by atoms with Gasteiger partial charge in [-0.25, -0.2) is 18.7 Å². The molecule has 1 aliphatic heterocycles. The summed E-state index contributed by atoms with van der Waals surface area (Å²) in [6.07, 6.45) is 2.87. The average molecular weight is 559 g/mol. The number of thiophene rings is 1. The van der Waals surface area contributed by atoms with Gasteiger partial charge in [-0.05, 0) is 43.5 Å². The minimum atomic E-state index is -0.987. The van der Waals surface area contributed by atoms with Crippen LogP contribution in [0.5, 0.6) is 5.75 Å². The predicted molar refractivity (Wildman–Crippen MR) is 141 cm³/mol. The molecule has 13 heteroatoms. The summed E-state index contributed by atoms with van der Waals surface area (Å²) in [5.74, 6) is -0.338. The van der Waals surface area contributed by atoms with Crippen LogP contribution < -0.4 is 21.3 Å². The Bertz CT molecular complexity index is 1630. The number of methoxy groups -OCH3 is 1. The van der Waals surface area contributed by atoms with E-state index in [1.54, 1.807) is 6.92 Å². The van der Waals surface area contributed by atoms with Gasteiger partial charge in [-0.1, -0.05) is 0 Å². The molecule has 11 nitrogen and oxygen atoms in total. The molecule has 0 unspecified atom stereocenters. The van der Waals surface area contributed by atoms with Crippen molar-refractivity contribution in [3.8, 4) is 16.5 Å². The highest BCUT2D eigenvalue weighted by molar-refractivity contribution is 7.22. The molecule has 5 rings (SSSR count). The summed E-state index contributed by atoms with van der Waals surface area (Å²) < 4.78 is 33.4. The monoisotopic (exact) mass is 558 g/mol. The zero-order valence-electron chi connectivity index (χ0n) is 21.3. The number of aliphatic hydroxyl groups excluding tert-OH is 1. The highest BCUT2D eigenvalue weighted by Gasteiger charge is 2.32. The first-order valence-corrected chi connectivity index (χ1v) is 13.2. The van der Waals surface area contributed by atoms with E-state index in [4.69, 9.17) is 13.9 Å². The van der Waals surface area contributed by atoms with Gasteiger partial charge in [0, 0.05) is 12.1 Å². The van der Waals surface area contributed by atoms with Crippen molar-refractivity contribution in [2.24, 2.45) is 0 Å². The molecule has 1 amide bonds. The molecule has 206 valence electrons. The summed E-state index contributed by atoms with van der Waals surface area (Å²) in [5, 5.41) is 12.4. The smallest absolute Gasteiger partial charge is 0.332 e. The van der Waals surface area contributed by atoms with Crippen molar-refractivity contribution in [3.05, 3.63) is 68.4 Å². The first-order chi connectivity index (χ1) is 18.8. The number of amides is 1. The predicted octanol–water partition coefficient (Wildman–Crippen LogP) is 2.54. The summed E-state index contributed by atoms with van der Waals surface area (Å²) in [6.45, 7) is 1.62. The van der Waals surface area contributed by atoms with Crippen LogP contribution in [0.1, 0.15) is 36.1 Å². The molecule has 0 bridgehead atoms. The number of oxazole rings is 1. The second-order valence-corrected chi connectivity index (χ2v) is 10.1. The van der Waals surface area contributed by atoms with Crippen LogP contribution in [0.15, 0.2) is 44.7 Å². The van der Waals surface area contributed by atoms with Crippen LogP contribution in [0.3, 0.4) is 0 Å². The van der Waals surface area contributed by atoms with E-state index < -0.39 is 35.1 Å². The molecule has 0 saturated carbocycles. The third-order valence-electron chi connectivity index (χ3n) is 6.73. The SMILES string of the molecule is COc1ccc(F)cc1[C@H](Cn1c(=O)n([C@H]2CCCNC2=O)c(=O)c2c(C)c(-c3ncco3)sc21)OCCO. The molecule has 0 radical (unpaired) electrons. The lowest BCUT2D eigenvalue weighted by molar-refractivity contribution is -0.126. The minimum Gasteiger partial charge on any atom is -0.496 e. The summed E-state index contributed by atoms with van der Waals surface area (Å²) in [6, 6.07) is 2.94. The van der Waals surface area contributed by atoms with Crippen LogP contribution in [-0.2, 0) is 16.1 Å². The summed E-state index contributed by atoms with van der Waals surface area (Å²) in [5.41, 5.74) is -0.420. The van der Waals surface area contributed by atoms with Crippen molar-refractivity contribution in [1.82, 2.24) is 19.4 Å². The fourth-order valence-corrected chi connectivity index (χ4v) is 6.14. The average Bonchev–Trinajstić information content (AvgIpc) is 3.57. The zero-order valence-corrected chi connectivity index (χ0v) is 22.1. The van der Waals surface area contributed by atoms with Crippen LogP contribution in [0.25, 0.3) is 21.0 Å². The van der Waals surface area contributed by atoms with Crippen LogP contribution >= 0.6 is 11.3 Å². The van der Waals surface area contributed by atoms with E-state index in [0.717, 1.165) is 15.9 Å². The Labute approximate surface area is 225 Å². The maximum atomic E-state index is 14.3. The zero-order chi connectivity index (χ0) is 27.7. The number of ether oxygens (including phenoxy) is 2. The number of aliphatic hydroxyl groups is 1. The van der Waals surface area contributed by atoms with Crippen molar-refractivity contribution in [2.75, 3.05) is 26.9 Å². The topological polar surface area (TPSA) is 138 Å². The number of carbonyl (C=O) groups is 1. The largest absolute Gasteiger partial charge is 0.496 e. The molecular weight excluding hydrogens is 531 g/mol. The van der Waals surface area contributed by atoms with Crippen molar-refractivity contribution >= 4 is 27.5 Å². The van der Waals surface area contributed by atoms with Gasteiger partial charge in [-0.2, -0.15) is 0 Å². The number of carbonyl (C=O) groups excluding carboxylic acids is 1. The highest BCUT2D eigenvalue weighted by Crippen LogP contribution is 2.37. The lowest BCUT2D eigenvalue weighted by Gasteiger charge is -2.26. The van der Waals surface area contributed by atoms with Gasteiger partial charge in [0.2, 0.25) is 11.8 Å². The van der Waals surface area contributed by atoms with Gasteiger partial charge in [-0.15, -0.1) is 11.3 Å². The Morgan fingerprint density at radius 1 is 1.33 bits per heavy atom. The second-order valence-electron chi connectivity index (χ2n) is 9.06. The Morgan fingerprint density at radius 3 is 2.85 bits per heavy atom. The number of fused-ring (bicyclic) bond motifs is 1. The van der Waals surface area contributed by atoms with Crippen LogP contribution in [0.2, 0.25) is 0 Å². The van der Waals surface area contributed by atoms with Gasteiger partial charge in [0.1, 0.15) is 34.8 Å². The van der Waals surface area contributed by atoms with Gasteiger partial charge in [0.15, 0.2) is 0 Å². The fourth-order valence-electron chi connectivity index (χ4n) is 4.90. The van der Waals surface area contributed by atoms with Crippen molar-refractivity contribution in [2.45, 2.75) is 38.5 Å². The lowest BCUT2D eigenvalue weighted by atomic mass is 10.1. The maximum absolute atomic E-state index is 14.3. The Balaban J connectivity index is 1.76. The molecule has 3 aromatic heterocycles. The fraction of sp³-hybridized carbons (Fsp3) is 0.385. The van der Waals surface area contributed by atoms with E-state index in [2.05, 4.69) is 10.3 Å². The molecule has 1 saturated heterocycles. The summed E-state index contributed by atoms with van der Waals surface area (Å²) in [4.78, 5) is 45.7. The third kappa shape index (κ3) is 4.88. The first kappa shape index (κ1) is 26.8. The van der Waals surface area contributed by atoms with E-state index in [-0.39, 0.29) is 31.0 Å². The Hall–Kier alpha value is -3.81. The van der Waals surface area contributed by atoms with Crippen molar-refractivity contribution in [3.63, 3.8) is 0 Å².